The quantitative estimate of drug-likeness (QED) is 0.102. The molecule has 1 amide bonds. The Labute approximate surface area is 234 Å². The molecule has 7 nitrogen and oxygen atoms in total. The molecule has 0 spiro atoms. The van der Waals surface area contributed by atoms with Crippen LogP contribution in [0.25, 0.3) is 6.08 Å². The zero-order chi connectivity index (χ0) is 28.5. The summed E-state index contributed by atoms with van der Waals surface area (Å²) in [5, 5.41) is 40.2. The Balaban J connectivity index is 0.00000260. The Kier molecular flexibility index (Phi) is 15.6. The highest BCUT2D eigenvalue weighted by Gasteiger charge is 2.32. The van der Waals surface area contributed by atoms with Gasteiger partial charge in [-0.3, -0.25) is 4.79 Å². The minimum Gasteiger partial charge on any atom is -0.512 e. The molecule has 0 saturated heterocycles. The number of rotatable bonds is 15. The van der Waals surface area contributed by atoms with Crippen molar-refractivity contribution in [3.63, 3.8) is 0 Å². The lowest BCUT2D eigenvalue weighted by Crippen LogP contribution is -2.25. The Morgan fingerprint density at radius 1 is 1.21 bits per heavy atom. The maximum Gasteiger partial charge on any atom is 0.220 e. The number of H-pyrrole nitrogens is 1. The van der Waals surface area contributed by atoms with Crippen LogP contribution in [0.15, 0.2) is 42.0 Å². The largest absolute Gasteiger partial charge is 0.512 e. The number of carbonyl (C=O) groups is 1. The average molecular weight is 543 g/mol. The summed E-state index contributed by atoms with van der Waals surface area (Å²) in [7, 11) is 1.00. The Morgan fingerprint density at radius 2 is 2.03 bits per heavy atom. The van der Waals surface area contributed by atoms with Gasteiger partial charge in [0.2, 0.25) is 5.91 Å². The second kappa shape index (κ2) is 18.7. The van der Waals surface area contributed by atoms with Crippen LogP contribution in [0.1, 0.15) is 94.4 Å². The van der Waals surface area contributed by atoms with E-state index in [2.05, 4.69) is 35.1 Å². The maximum atomic E-state index is 12.2. The minimum absolute atomic E-state index is 0.0731. The smallest absolute Gasteiger partial charge is 0.220 e. The lowest BCUT2D eigenvalue weighted by molar-refractivity contribution is -0.121. The number of aromatic amines is 1. The average Bonchev–Trinajstić information content (AvgIpc) is 3.50. The van der Waals surface area contributed by atoms with Gasteiger partial charge >= 0.3 is 0 Å². The summed E-state index contributed by atoms with van der Waals surface area (Å²) in [6.45, 7) is 2.75. The summed E-state index contributed by atoms with van der Waals surface area (Å²) < 4.78 is 0. The molecule has 1 heterocycles. The standard InChI is InChI=1S/C31H46N2O4.CH4O/c1-2-3-6-11-25(34)12-9-13-27-23(15-18-30(27)36)10-7-4-5-8-14-31(37)32-20-19-24-22-33-29-17-16-26(35)21-28(24)29;1-2/h4,7,12-13,21-23,25,27,30,33-36H,2-3,5-6,8,10-11,14-20H2,1H3,(H,32,37);2H,1H3/b7-4-;/t9?,23-,25?,27?,30+;/m0./s1. The van der Waals surface area contributed by atoms with Crippen LogP contribution < -0.4 is 5.32 Å². The van der Waals surface area contributed by atoms with Crippen molar-refractivity contribution in [2.24, 2.45) is 11.8 Å². The van der Waals surface area contributed by atoms with Crippen molar-refractivity contribution in [2.45, 2.75) is 103 Å². The number of carbonyl (C=O) groups excluding carboxylic acids is 1. The van der Waals surface area contributed by atoms with Gasteiger partial charge < -0.3 is 30.7 Å². The van der Waals surface area contributed by atoms with Gasteiger partial charge in [-0.2, -0.15) is 0 Å². The van der Waals surface area contributed by atoms with Gasteiger partial charge in [0.1, 0.15) is 0 Å². The fourth-order valence-electron chi connectivity index (χ4n) is 5.37. The number of amides is 1. The number of unbranched alkanes of at least 4 members (excludes halogenated alkanes) is 3. The second-order valence-electron chi connectivity index (χ2n) is 10.6. The highest BCUT2D eigenvalue weighted by molar-refractivity contribution is 5.75. The number of aliphatic hydroxyl groups excluding tert-OH is 4. The number of fused-ring (bicyclic) bond motifs is 1. The number of hydrogen-bond acceptors (Lipinski definition) is 5. The van der Waals surface area contributed by atoms with Gasteiger partial charge in [-0.1, -0.05) is 38.3 Å². The van der Waals surface area contributed by atoms with Gasteiger partial charge in [-0.05, 0) is 81.1 Å². The first-order valence-electron chi connectivity index (χ1n) is 14.7. The van der Waals surface area contributed by atoms with E-state index in [1.807, 2.05) is 18.3 Å². The van der Waals surface area contributed by atoms with Gasteiger partial charge in [0.05, 0.1) is 18.0 Å². The van der Waals surface area contributed by atoms with E-state index in [1.165, 1.54) is 0 Å². The van der Waals surface area contributed by atoms with Crippen LogP contribution in [0.5, 0.6) is 0 Å². The SMILES string of the molecule is CCCCCC(O)C=C=CC1[C@@H](C/C=C\CCCC(=O)NCCc2c[nH]c3c2C=C(O)CC3)CC[C@H]1O.CO. The van der Waals surface area contributed by atoms with E-state index >= 15 is 0 Å². The molecule has 6 N–H and O–H groups in total. The van der Waals surface area contributed by atoms with Gasteiger partial charge in [0.25, 0.3) is 0 Å². The van der Waals surface area contributed by atoms with Gasteiger partial charge in [-0.25, -0.2) is 0 Å². The molecule has 0 radical (unpaired) electrons. The zero-order valence-corrected chi connectivity index (χ0v) is 23.9. The van der Waals surface area contributed by atoms with Crippen molar-refractivity contribution >= 4 is 12.0 Å². The van der Waals surface area contributed by atoms with E-state index in [0.717, 1.165) is 94.6 Å². The molecule has 1 saturated carbocycles. The molecular formula is C32H50N2O5. The van der Waals surface area contributed by atoms with Crippen molar-refractivity contribution in [1.82, 2.24) is 10.3 Å². The molecule has 7 heteroatoms. The van der Waals surface area contributed by atoms with Crippen molar-refractivity contribution in [3.8, 4) is 0 Å². The third kappa shape index (κ3) is 11.6. The second-order valence-corrected chi connectivity index (χ2v) is 10.6. The number of aromatic nitrogens is 1. The summed E-state index contributed by atoms with van der Waals surface area (Å²) in [4.78, 5) is 15.5. The molecule has 2 aliphatic carbocycles. The Hall–Kier alpha value is -2.57. The van der Waals surface area contributed by atoms with Crippen LogP contribution in [-0.4, -0.2) is 57.2 Å². The zero-order valence-electron chi connectivity index (χ0n) is 23.9. The number of hydrogen-bond donors (Lipinski definition) is 6. The van der Waals surface area contributed by atoms with Crippen LogP contribution in [0.4, 0.5) is 0 Å². The van der Waals surface area contributed by atoms with E-state index < -0.39 is 6.10 Å². The highest BCUT2D eigenvalue weighted by Crippen LogP contribution is 2.35. The first-order chi connectivity index (χ1) is 19.0. The van der Waals surface area contributed by atoms with E-state index in [1.54, 1.807) is 6.08 Å². The van der Waals surface area contributed by atoms with E-state index in [4.69, 9.17) is 5.11 Å². The predicted octanol–water partition coefficient (Wildman–Crippen LogP) is 5.28. The van der Waals surface area contributed by atoms with Crippen LogP contribution >= 0.6 is 0 Å². The molecule has 2 aliphatic rings. The molecule has 0 bridgehead atoms. The number of aryl methyl sites for hydroxylation is 1. The van der Waals surface area contributed by atoms with E-state index in [-0.39, 0.29) is 17.9 Å². The number of aliphatic hydroxyl groups is 4. The normalized spacial score (nSPS) is 20.8. The topological polar surface area (TPSA) is 126 Å². The first-order valence-corrected chi connectivity index (χ1v) is 14.7. The molecule has 1 aromatic rings. The third-order valence-electron chi connectivity index (χ3n) is 7.63. The molecule has 4 atom stereocenters. The van der Waals surface area contributed by atoms with E-state index in [0.29, 0.717) is 31.1 Å². The fraction of sp³-hybridized carbons (Fsp3) is 0.625. The molecule has 218 valence electrons. The molecule has 39 heavy (non-hydrogen) atoms. The number of allylic oxidation sites excluding steroid dienone is 3. The van der Waals surface area contributed by atoms with Crippen LogP contribution in [0.2, 0.25) is 0 Å². The predicted molar refractivity (Wildman–Crippen MR) is 157 cm³/mol. The summed E-state index contributed by atoms with van der Waals surface area (Å²) in [6.07, 6.45) is 22.3. The first kappa shape index (κ1) is 32.6. The molecule has 0 aliphatic heterocycles. The van der Waals surface area contributed by atoms with Gasteiger partial charge in [-0.15, -0.1) is 5.73 Å². The van der Waals surface area contributed by atoms with Crippen LogP contribution in [-0.2, 0) is 17.6 Å². The summed E-state index contributed by atoms with van der Waals surface area (Å²) in [5.41, 5.74) is 6.50. The third-order valence-corrected chi connectivity index (χ3v) is 7.63. The number of nitrogens with one attached hydrogen (secondary N) is 2. The molecule has 1 fully saturated rings. The maximum absolute atomic E-state index is 12.2. The van der Waals surface area contributed by atoms with Crippen LogP contribution in [0.3, 0.4) is 0 Å². The molecule has 0 aromatic carbocycles. The Morgan fingerprint density at radius 3 is 2.82 bits per heavy atom. The van der Waals surface area contributed by atoms with Gasteiger partial charge in [0.15, 0.2) is 0 Å². The Bertz CT molecular complexity index is 973. The summed E-state index contributed by atoms with van der Waals surface area (Å²) >= 11 is 0. The lowest BCUT2D eigenvalue weighted by Gasteiger charge is -2.16. The molecule has 1 aromatic heterocycles. The summed E-state index contributed by atoms with van der Waals surface area (Å²) in [5.74, 6) is 0.971. The van der Waals surface area contributed by atoms with E-state index in [9.17, 15) is 20.1 Å². The fourth-order valence-corrected chi connectivity index (χ4v) is 5.37. The van der Waals surface area contributed by atoms with Crippen molar-refractivity contribution < 1.29 is 25.2 Å². The van der Waals surface area contributed by atoms with Crippen molar-refractivity contribution in [3.05, 3.63) is 58.8 Å². The molecule has 3 rings (SSSR count). The van der Waals surface area contributed by atoms with Gasteiger partial charge in [0, 0.05) is 49.9 Å². The van der Waals surface area contributed by atoms with Crippen molar-refractivity contribution in [1.29, 1.82) is 0 Å². The highest BCUT2D eigenvalue weighted by atomic mass is 16.3. The van der Waals surface area contributed by atoms with Crippen molar-refractivity contribution in [2.75, 3.05) is 13.7 Å². The summed E-state index contributed by atoms with van der Waals surface area (Å²) in [6, 6.07) is 0. The molecular weight excluding hydrogens is 492 g/mol. The monoisotopic (exact) mass is 542 g/mol. The minimum atomic E-state index is -0.456. The molecule has 2 unspecified atom stereocenters. The van der Waals surface area contributed by atoms with Crippen LogP contribution in [0, 0.1) is 11.8 Å². The lowest BCUT2D eigenvalue weighted by atomic mass is 9.91.